The molecule has 0 unspecified atom stereocenters. The summed E-state index contributed by atoms with van der Waals surface area (Å²) in [6, 6.07) is 29.0. The fourth-order valence-electron chi connectivity index (χ4n) is 7.49. The molecule has 15 nitrogen and oxygen atoms in total. The molecule has 0 radical (unpaired) electrons. The van der Waals surface area contributed by atoms with E-state index in [4.69, 9.17) is 13.9 Å². The fourth-order valence-corrected chi connectivity index (χ4v) is 7.49. The highest BCUT2D eigenvalue weighted by atomic mass is 16.6. The van der Waals surface area contributed by atoms with Crippen LogP contribution in [0.25, 0.3) is 22.3 Å². The van der Waals surface area contributed by atoms with Crippen molar-refractivity contribution in [3.63, 3.8) is 0 Å². The molecular formula is C50H58N6O9. The lowest BCUT2D eigenvalue weighted by Crippen LogP contribution is -2.49. The van der Waals surface area contributed by atoms with Crippen LogP contribution in [0, 0.1) is 0 Å². The summed E-state index contributed by atoms with van der Waals surface area (Å²) in [7, 11) is 0. The minimum Gasteiger partial charge on any atom is -0.456 e. The minimum atomic E-state index is -1.07. The third kappa shape index (κ3) is 13.0. The van der Waals surface area contributed by atoms with Gasteiger partial charge >= 0.3 is 12.2 Å². The summed E-state index contributed by atoms with van der Waals surface area (Å²) in [6.45, 7) is 12.7. The molecule has 3 atom stereocenters. The van der Waals surface area contributed by atoms with E-state index in [1.165, 1.54) is 9.80 Å². The van der Waals surface area contributed by atoms with Crippen LogP contribution in [0.15, 0.2) is 114 Å². The smallest absolute Gasteiger partial charge is 0.408 e. The maximum absolute atomic E-state index is 14.0. The molecule has 65 heavy (non-hydrogen) atoms. The molecule has 2 heterocycles. The summed E-state index contributed by atoms with van der Waals surface area (Å²) in [6.07, 6.45) is 0.173. The Morgan fingerprint density at radius 2 is 1.29 bits per heavy atom. The zero-order valence-electron chi connectivity index (χ0n) is 37.9. The number of hydrogen-bond donors (Lipinski definition) is 4. The molecule has 342 valence electrons. The van der Waals surface area contributed by atoms with Crippen molar-refractivity contribution in [3.8, 4) is 11.3 Å². The van der Waals surface area contributed by atoms with Crippen LogP contribution in [0.4, 0.5) is 21.0 Å². The molecule has 4 aromatic carbocycles. The number of likely N-dealkylation sites (tertiary alicyclic amines) is 1. The Morgan fingerprint density at radius 1 is 0.723 bits per heavy atom. The van der Waals surface area contributed by atoms with E-state index in [0.29, 0.717) is 59.7 Å². The number of nitrogens with zero attached hydrogens (tertiary/aromatic N) is 2. The molecule has 1 aliphatic rings. The second kappa shape index (κ2) is 20.6. The van der Waals surface area contributed by atoms with Crippen molar-refractivity contribution in [2.75, 3.05) is 30.3 Å². The Bertz CT molecular complexity index is 2480. The Kier molecular flexibility index (Phi) is 15.0. The number of rotatable bonds is 14. The monoisotopic (exact) mass is 886 g/mol. The zero-order chi connectivity index (χ0) is 46.9. The number of fused-ring (bicyclic) bond motifs is 1. The van der Waals surface area contributed by atoms with E-state index < -0.39 is 59.2 Å². The van der Waals surface area contributed by atoms with Crippen LogP contribution in [0.5, 0.6) is 0 Å². The van der Waals surface area contributed by atoms with Crippen LogP contribution < -0.4 is 21.3 Å². The van der Waals surface area contributed by atoms with Crippen LogP contribution in [0.1, 0.15) is 90.9 Å². The normalized spacial score (nSPS) is 14.8. The number of ether oxygens (including phenoxy) is 2. The minimum absolute atomic E-state index is 0.245. The molecule has 15 heteroatoms. The number of hydrogen-bond acceptors (Lipinski definition) is 9. The second-order valence-electron chi connectivity index (χ2n) is 17.9. The predicted molar refractivity (Wildman–Crippen MR) is 248 cm³/mol. The van der Waals surface area contributed by atoms with Gasteiger partial charge in [0.25, 0.3) is 5.91 Å². The summed E-state index contributed by atoms with van der Waals surface area (Å²) in [5, 5.41) is 12.0. The number of amides is 6. The Morgan fingerprint density at radius 3 is 1.88 bits per heavy atom. The lowest BCUT2D eigenvalue weighted by Gasteiger charge is -2.29. The molecule has 6 rings (SSSR count). The van der Waals surface area contributed by atoms with Crippen LogP contribution in [0.2, 0.25) is 0 Å². The van der Waals surface area contributed by atoms with Gasteiger partial charge in [-0.25, -0.2) is 9.59 Å². The average molecular weight is 887 g/mol. The largest absolute Gasteiger partial charge is 0.456 e. The van der Waals surface area contributed by atoms with E-state index in [1.807, 2.05) is 25.1 Å². The van der Waals surface area contributed by atoms with Crippen molar-refractivity contribution < 1.29 is 42.7 Å². The van der Waals surface area contributed by atoms with Crippen LogP contribution in [-0.2, 0) is 28.7 Å². The van der Waals surface area contributed by atoms with E-state index in [-0.39, 0.29) is 19.0 Å². The van der Waals surface area contributed by atoms with Gasteiger partial charge in [0.15, 0.2) is 0 Å². The highest BCUT2D eigenvalue weighted by Crippen LogP contribution is 2.32. The molecule has 5 aromatic rings. The first-order valence-corrected chi connectivity index (χ1v) is 21.8. The average Bonchev–Trinajstić information content (AvgIpc) is 3.92. The van der Waals surface area contributed by atoms with Crippen molar-refractivity contribution >= 4 is 58.2 Å². The first-order chi connectivity index (χ1) is 30.9. The Labute approximate surface area is 379 Å². The maximum Gasteiger partial charge on any atom is 0.408 e. The fraction of sp³-hybridized carbons (Fsp3) is 0.360. The maximum atomic E-state index is 14.0. The van der Waals surface area contributed by atoms with Gasteiger partial charge in [0.2, 0.25) is 17.7 Å². The molecule has 4 N–H and O–H groups in total. The van der Waals surface area contributed by atoms with Gasteiger partial charge in [-0.3, -0.25) is 19.2 Å². The van der Waals surface area contributed by atoms with E-state index >= 15 is 0 Å². The quantitative estimate of drug-likeness (QED) is 0.0845. The van der Waals surface area contributed by atoms with Gasteiger partial charge in [0, 0.05) is 35.4 Å². The number of furan rings is 1. The van der Waals surface area contributed by atoms with E-state index in [1.54, 1.807) is 133 Å². The number of anilines is 2. The summed E-state index contributed by atoms with van der Waals surface area (Å²) in [5.41, 5.74) is 1.93. The van der Waals surface area contributed by atoms with Gasteiger partial charge in [-0.1, -0.05) is 67.6 Å². The first-order valence-electron chi connectivity index (χ1n) is 21.8. The van der Waals surface area contributed by atoms with Crippen LogP contribution >= 0.6 is 0 Å². The molecule has 0 saturated carbocycles. The number of carbonyl (C=O) groups is 6. The third-order valence-electron chi connectivity index (χ3n) is 10.3. The lowest BCUT2D eigenvalue weighted by atomic mass is 10.0. The van der Waals surface area contributed by atoms with Gasteiger partial charge in [0.05, 0.1) is 6.54 Å². The van der Waals surface area contributed by atoms with Crippen LogP contribution in [-0.4, -0.2) is 82.5 Å². The molecule has 0 aliphatic carbocycles. The first kappa shape index (κ1) is 47.3. The SMILES string of the molecule is CCCN(CC(=O)Nc1ccc(-c2cc3cc(NC(=O)[C@@H]4CCCN4C(=O)[C@@H](NC(=O)OC(C)(C)C)c4ccccc4)ccc3o2)cc1)C(=O)[C@@H](NC(=O)OC(C)(C)C)c1ccccc1. The van der Waals surface area contributed by atoms with E-state index in [0.717, 1.165) is 10.9 Å². The highest BCUT2D eigenvalue weighted by molar-refractivity contribution is 6.00. The number of benzene rings is 4. The Balaban J connectivity index is 1.09. The molecule has 1 aromatic heterocycles. The highest BCUT2D eigenvalue weighted by Gasteiger charge is 2.39. The standard InChI is InChI=1S/C50H58N6O9/c1-8-27-55(45(59)42(33-16-11-9-12-17-33)53-47(61)64-49(2,3)4)31-41(57)51-36-23-21-32(22-24-36)40-30-35-29-37(25-26-39(35)63-40)52-44(58)38-20-15-28-56(38)46(60)43(34-18-13-10-14-19-34)54-48(62)65-50(5,6)7/h9-14,16-19,21-26,29-30,38,42-43H,8,15,20,27-28,31H2,1-7H3,(H,51,57)(H,52,58)(H,53,61)(H,54,62)/t38-,42-,43-/m0/s1. The van der Waals surface area contributed by atoms with E-state index in [9.17, 15) is 28.8 Å². The predicted octanol–water partition coefficient (Wildman–Crippen LogP) is 8.74. The molecule has 1 aliphatic heterocycles. The lowest BCUT2D eigenvalue weighted by molar-refractivity contribution is -0.138. The van der Waals surface area contributed by atoms with Gasteiger partial charge in [0.1, 0.15) is 40.7 Å². The van der Waals surface area contributed by atoms with E-state index in [2.05, 4.69) is 21.3 Å². The van der Waals surface area contributed by atoms with Gasteiger partial charge in [-0.15, -0.1) is 0 Å². The summed E-state index contributed by atoms with van der Waals surface area (Å²) in [4.78, 5) is 83.6. The molecule has 1 saturated heterocycles. The van der Waals surface area contributed by atoms with Crippen molar-refractivity contribution in [1.82, 2.24) is 20.4 Å². The van der Waals surface area contributed by atoms with Crippen molar-refractivity contribution in [2.45, 2.75) is 97.1 Å². The van der Waals surface area contributed by atoms with Gasteiger partial charge < -0.3 is 45.0 Å². The number of nitrogens with one attached hydrogen (secondary N) is 4. The van der Waals surface area contributed by atoms with Crippen molar-refractivity contribution in [2.24, 2.45) is 0 Å². The zero-order valence-corrected chi connectivity index (χ0v) is 37.9. The molecule has 1 fully saturated rings. The molecule has 0 spiro atoms. The molecule has 6 amide bonds. The molecule has 0 bridgehead atoms. The van der Waals surface area contributed by atoms with Gasteiger partial charge in [-0.2, -0.15) is 0 Å². The third-order valence-corrected chi connectivity index (χ3v) is 10.3. The number of alkyl carbamates (subject to hydrolysis) is 2. The second-order valence-corrected chi connectivity index (χ2v) is 17.9. The van der Waals surface area contributed by atoms with Crippen molar-refractivity contribution in [1.29, 1.82) is 0 Å². The summed E-state index contributed by atoms with van der Waals surface area (Å²) in [5.74, 6) is -1.06. The summed E-state index contributed by atoms with van der Waals surface area (Å²) < 4.78 is 17.0. The number of carbonyl (C=O) groups excluding carboxylic acids is 6. The summed E-state index contributed by atoms with van der Waals surface area (Å²) >= 11 is 0. The molecular weight excluding hydrogens is 829 g/mol. The Hall–Kier alpha value is -7.16. The van der Waals surface area contributed by atoms with Crippen LogP contribution in [0.3, 0.4) is 0 Å². The topological polar surface area (TPSA) is 189 Å². The van der Waals surface area contributed by atoms with Crippen molar-refractivity contribution in [3.05, 3.63) is 120 Å². The van der Waals surface area contributed by atoms with Gasteiger partial charge in [-0.05, 0) is 120 Å².